The van der Waals surface area contributed by atoms with E-state index in [1.54, 1.807) is 18.2 Å². The Balaban J connectivity index is 1.79. The summed E-state index contributed by atoms with van der Waals surface area (Å²) in [6.07, 6.45) is -1.70. The van der Waals surface area contributed by atoms with Crippen molar-refractivity contribution in [1.82, 2.24) is 4.98 Å². The van der Waals surface area contributed by atoms with Gasteiger partial charge in [0.15, 0.2) is 11.5 Å². The molecule has 2 aromatic rings. The number of hydrogen-bond acceptors (Lipinski definition) is 3. The van der Waals surface area contributed by atoms with Crippen LogP contribution in [0.1, 0.15) is 18.5 Å². The Bertz CT molecular complexity index is 697. The lowest BCUT2D eigenvalue weighted by Gasteiger charge is -2.18. The highest BCUT2D eigenvalue weighted by Gasteiger charge is 2.36. The Kier molecular flexibility index (Phi) is 4.11. The quantitative estimate of drug-likeness (QED) is 0.769. The molecule has 1 aliphatic rings. The molecule has 1 aromatic carbocycles. The van der Waals surface area contributed by atoms with Crippen LogP contribution in [0.4, 0.5) is 23.2 Å². The lowest BCUT2D eigenvalue weighted by Crippen LogP contribution is -2.17. The predicted molar refractivity (Wildman–Crippen MR) is 77.2 cm³/mol. The van der Waals surface area contributed by atoms with Crippen LogP contribution in [0.15, 0.2) is 36.5 Å². The van der Waals surface area contributed by atoms with Crippen molar-refractivity contribution in [3.05, 3.63) is 48.0 Å². The van der Waals surface area contributed by atoms with Gasteiger partial charge in [-0.3, -0.25) is 0 Å². The Labute approximate surface area is 130 Å². The molecule has 7 heteroatoms. The van der Waals surface area contributed by atoms with E-state index in [1.807, 2.05) is 6.07 Å². The van der Waals surface area contributed by atoms with Gasteiger partial charge in [0.1, 0.15) is 11.5 Å². The maximum Gasteiger partial charge on any atom is 0.436 e. The summed E-state index contributed by atoms with van der Waals surface area (Å²) >= 11 is 0. The molecule has 1 saturated heterocycles. The van der Waals surface area contributed by atoms with Crippen molar-refractivity contribution in [3.8, 4) is 11.5 Å². The molecule has 0 unspecified atom stereocenters. The molecule has 0 N–H and O–H groups in total. The smallest absolute Gasteiger partial charge is 0.436 e. The van der Waals surface area contributed by atoms with Crippen LogP contribution in [0, 0.1) is 5.82 Å². The van der Waals surface area contributed by atoms with Crippen molar-refractivity contribution in [2.45, 2.75) is 19.0 Å². The maximum atomic E-state index is 13.5. The van der Waals surface area contributed by atoms with Gasteiger partial charge in [-0.1, -0.05) is 6.07 Å². The average molecular weight is 326 g/mol. The molecule has 122 valence electrons. The fourth-order valence-electron chi connectivity index (χ4n) is 2.54. The molecule has 0 saturated carbocycles. The molecule has 1 aromatic heterocycles. The summed E-state index contributed by atoms with van der Waals surface area (Å²) in [7, 11) is 0. The third-order valence-electron chi connectivity index (χ3n) is 3.61. The van der Waals surface area contributed by atoms with Gasteiger partial charge in [0.05, 0.1) is 6.20 Å². The summed E-state index contributed by atoms with van der Waals surface area (Å²) in [5.41, 5.74) is -0.573. The van der Waals surface area contributed by atoms with Crippen LogP contribution in [-0.4, -0.2) is 18.1 Å². The molecule has 2 heterocycles. The zero-order valence-corrected chi connectivity index (χ0v) is 12.1. The number of halogens is 4. The first kappa shape index (κ1) is 15.6. The van der Waals surface area contributed by atoms with Crippen molar-refractivity contribution in [3.63, 3.8) is 0 Å². The Morgan fingerprint density at radius 2 is 1.78 bits per heavy atom. The van der Waals surface area contributed by atoms with Crippen LogP contribution in [0.2, 0.25) is 0 Å². The number of benzene rings is 1. The molecule has 0 aliphatic carbocycles. The van der Waals surface area contributed by atoms with E-state index in [2.05, 4.69) is 9.88 Å². The standard InChI is InChI=1S/C16H14F4N2O/c17-14-9-13(10-21-15(14)16(18,19)20)23-12-5-3-4-11(8-12)22-6-1-2-7-22/h3-5,8-10H,1-2,6-7H2. The lowest BCUT2D eigenvalue weighted by molar-refractivity contribution is -0.143. The largest absolute Gasteiger partial charge is 0.456 e. The van der Waals surface area contributed by atoms with Crippen molar-refractivity contribution < 1.29 is 22.3 Å². The fourth-order valence-corrected chi connectivity index (χ4v) is 2.54. The molecule has 23 heavy (non-hydrogen) atoms. The minimum atomic E-state index is -4.82. The molecule has 1 aliphatic heterocycles. The Morgan fingerprint density at radius 1 is 1.04 bits per heavy atom. The first-order valence-corrected chi connectivity index (χ1v) is 7.19. The summed E-state index contributed by atoms with van der Waals surface area (Å²) < 4.78 is 56.4. The summed E-state index contributed by atoms with van der Waals surface area (Å²) in [5, 5.41) is 0. The van der Waals surface area contributed by atoms with Gasteiger partial charge in [0.2, 0.25) is 0 Å². The molecule has 0 spiro atoms. The zero-order chi connectivity index (χ0) is 16.4. The van der Waals surface area contributed by atoms with Gasteiger partial charge in [-0.25, -0.2) is 9.37 Å². The van der Waals surface area contributed by atoms with Gasteiger partial charge in [0, 0.05) is 30.9 Å². The van der Waals surface area contributed by atoms with E-state index in [1.165, 1.54) is 0 Å². The van der Waals surface area contributed by atoms with Crippen LogP contribution in [0.5, 0.6) is 11.5 Å². The van der Waals surface area contributed by atoms with Gasteiger partial charge >= 0.3 is 6.18 Å². The van der Waals surface area contributed by atoms with E-state index in [0.29, 0.717) is 11.8 Å². The minimum absolute atomic E-state index is 0.0749. The topological polar surface area (TPSA) is 25.4 Å². The van der Waals surface area contributed by atoms with Crippen molar-refractivity contribution >= 4 is 5.69 Å². The fraction of sp³-hybridized carbons (Fsp3) is 0.312. The molecule has 3 nitrogen and oxygen atoms in total. The second kappa shape index (κ2) is 6.06. The number of anilines is 1. The van der Waals surface area contributed by atoms with Gasteiger partial charge in [0.25, 0.3) is 0 Å². The Morgan fingerprint density at radius 3 is 2.43 bits per heavy atom. The van der Waals surface area contributed by atoms with E-state index in [4.69, 9.17) is 4.74 Å². The second-order valence-electron chi connectivity index (χ2n) is 5.29. The van der Waals surface area contributed by atoms with Gasteiger partial charge in [-0.05, 0) is 25.0 Å². The number of rotatable bonds is 3. The number of hydrogen-bond donors (Lipinski definition) is 0. The number of pyridine rings is 1. The van der Waals surface area contributed by atoms with E-state index < -0.39 is 17.7 Å². The highest BCUT2D eigenvalue weighted by atomic mass is 19.4. The van der Waals surface area contributed by atoms with Gasteiger partial charge < -0.3 is 9.64 Å². The summed E-state index contributed by atoms with van der Waals surface area (Å²) in [6, 6.07) is 7.86. The molecule has 0 amide bonds. The van der Waals surface area contributed by atoms with E-state index in [0.717, 1.165) is 37.8 Å². The first-order chi connectivity index (χ1) is 10.9. The molecule has 0 radical (unpaired) electrons. The van der Waals surface area contributed by atoms with Crippen molar-refractivity contribution in [2.75, 3.05) is 18.0 Å². The highest BCUT2D eigenvalue weighted by molar-refractivity contribution is 5.52. The Hall–Kier alpha value is -2.31. The van der Waals surface area contributed by atoms with Crippen LogP contribution in [0.3, 0.4) is 0 Å². The van der Waals surface area contributed by atoms with E-state index in [9.17, 15) is 17.6 Å². The maximum absolute atomic E-state index is 13.5. The number of nitrogens with zero attached hydrogens (tertiary/aromatic N) is 2. The molecule has 1 fully saturated rings. The monoisotopic (exact) mass is 326 g/mol. The van der Waals surface area contributed by atoms with Crippen molar-refractivity contribution in [2.24, 2.45) is 0 Å². The normalized spacial score (nSPS) is 15.0. The third kappa shape index (κ3) is 3.55. The van der Waals surface area contributed by atoms with E-state index >= 15 is 0 Å². The average Bonchev–Trinajstić information content (AvgIpc) is 3.00. The van der Waals surface area contributed by atoms with Crippen LogP contribution in [-0.2, 0) is 6.18 Å². The molecule has 0 atom stereocenters. The molecule has 3 rings (SSSR count). The van der Waals surface area contributed by atoms with Gasteiger partial charge in [-0.15, -0.1) is 0 Å². The summed E-state index contributed by atoms with van der Waals surface area (Å²) in [5.74, 6) is -1.10. The lowest BCUT2D eigenvalue weighted by atomic mass is 10.2. The number of ether oxygens (including phenoxy) is 1. The highest BCUT2D eigenvalue weighted by Crippen LogP contribution is 2.32. The number of aromatic nitrogens is 1. The van der Waals surface area contributed by atoms with Crippen LogP contribution < -0.4 is 9.64 Å². The SMILES string of the molecule is Fc1cc(Oc2cccc(N3CCCC3)c2)cnc1C(F)(F)F. The van der Waals surface area contributed by atoms with E-state index in [-0.39, 0.29) is 5.75 Å². The van der Waals surface area contributed by atoms with Crippen molar-refractivity contribution in [1.29, 1.82) is 0 Å². The first-order valence-electron chi connectivity index (χ1n) is 7.19. The summed E-state index contributed by atoms with van der Waals surface area (Å²) in [6.45, 7) is 1.92. The summed E-state index contributed by atoms with van der Waals surface area (Å²) in [4.78, 5) is 5.30. The second-order valence-corrected chi connectivity index (χ2v) is 5.29. The number of alkyl halides is 3. The minimum Gasteiger partial charge on any atom is -0.456 e. The molecular weight excluding hydrogens is 312 g/mol. The molecule has 0 bridgehead atoms. The van der Waals surface area contributed by atoms with Gasteiger partial charge in [-0.2, -0.15) is 13.2 Å². The predicted octanol–water partition coefficient (Wildman–Crippen LogP) is 4.63. The third-order valence-corrected chi connectivity index (χ3v) is 3.61. The zero-order valence-electron chi connectivity index (χ0n) is 12.1. The molecular formula is C16H14F4N2O. The van der Waals surface area contributed by atoms with Crippen LogP contribution in [0.25, 0.3) is 0 Å². The van der Waals surface area contributed by atoms with Crippen LogP contribution >= 0.6 is 0 Å².